The number of nitrogens with one attached hydrogen (secondary N) is 1. The minimum atomic E-state index is 0.128. The lowest BCUT2D eigenvalue weighted by Crippen LogP contribution is -2.34. The first-order valence-corrected chi connectivity index (χ1v) is 9.83. The second kappa shape index (κ2) is 9.19. The Morgan fingerprint density at radius 1 is 0.962 bits per heavy atom. The summed E-state index contributed by atoms with van der Waals surface area (Å²) >= 11 is 0. The maximum Gasteiger partial charge on any atom is 0.0263 e. The lowest BCUT2D eigenvalue weighted by atomic mass is 9.78. The highest BCUT2D eigenvalue weighted by Gasteiger charge is 2.24. The van der Waals surface area contributed by atoms with Gasteiger partial charge >= 0.3 is 0 Å². The summed E-state index contributed by atoms with van der Waals surface area (Å²) in [6.07, 6.45) is 4.55. The Hall–Kier alpha value is -1.86. The van der Waals surface area contributed by atoms with E-state index >= 15 is 0 Å². The van der Waals surface area contributed by atoms with Crippen LogP contribution in [0.4, 0.5) is 0 Å². The topological polar surface area (TPSA) is 12.0 Å². The third-order valence-electron chi connectivity index (χ3n) is 5.10. The third-order valence-corrected chi connectivity index (χ3v) is 5.10. The second-order valence-corrected chi connectivity index (χ2v) is 8.36. The molecule has 0 aliphatic carbocycles. The van der Waals surface area contributed by atoms with Crippen molar-refractivity contribution in [3.8, 4) is 0 Å². The molecule has 2 aromatic rings. The van der Waals surface area contributed by atoms with E-state index in [2.05, 4.69) is 101 Å². The van der Waals surface area contributed by atoms with Crippen molar-refractivity contribution in [2.24, 2.45) is 0 Å². The van der Waals surface area contributed by atoms with Crippen molar-refractivity contribution in [1.82, 2.24) is 5.32 Å². The van der Waals surface area contributed by atoms with Crippen LogP contribution in [0.25, 0.3) is 0 Å². The number of hydrogen-bond donors (Lipinski definition) is 1. The molecule has 0 aliphatic rings. The van der Waals surface area contributed by atoms with Gasteiger partial charge in [0.15, 0.2) is 0 Å². The van der Waals surface area contributed by atoms with Crippen LogP contribution in [0.1, 0.15) is 63.3 Å². The monoisotopic (exact) mass is 349 g/mol. The molecule has 1 unspecified atom stereocenters. The van der Waals surface area contributed by atoms with Gasteiger partial charge in [0.2, 0.25) is 0 Å². The van der Waals surface area contributed by atoms with Crippen LogP contribution in [-0.2, 0) is 18.4 Å². The van der Waals surface area contributed by atoms with Crippen molar-refractivity contribution in [2.75, 3.05) is 0 Å². The molecule has 2 aromatic carbocycles. The highest BCUT2D eigenvalue weighted by molar-refractivity contribution is 5.29. The fraction of sp³-hybridized carbons (Fsp3) is 0.440. The molecule has 0 saturated heterocycles. The molecule has 1 N–H and O–H groups in total. The molecule has 0 aliphatic heterocycles. The quantitative estimate of drug-likeness (QED) is 0.548. The van der Waals surface area contributed by atoms with Crippen molar-refractivity contribution >= 4 is 0 Å². The van der Waals surface area contributed by atoms with Crippen LogP contribution in [0.5, 0.6) is 0 Å². The fourth-order valence-electron chi connectivity index (χ4n) is 3.41. The maximum absolute atomic E-state index is 3.76. The van der Waals surface area contributed by atoms with E-state index in [0.29, 0.717) is 6.04 Å². The molecular formula is C25H35N. The van der Waals surface area contributed by atoms with Crippen molar-refractivity contribution in [3.63, 3.8) is 0 Å². The summed E-state index contributed by atoms with van der Waals surface area (Å²) in [6, 6.07) is 18.3. The molecule has 0 amide bonds. The van der Waals surface area contributed by atoms with Crippen molar-refractivity contribution in [1.29, 1.82) is 0 Å². The number of benzene rings is 2. The van der Waals surface area contributed by atoms with Gasteiger partial charge in [0.05, 0.1) is 0 Å². The molecule has 0 spiro atoms. The molecular weight excluding hydrogens is 314 g/mol. The first-order chi connectivity index (χ1) is 12.3. The van der Waals surface area contributed by atoms with Crippen LogP contribution >= 0.6 is 0 Å². The van der Waals surface area contributed by atoms with Crippen LogP contribution in [0, 0.1) is 6.92 Å². The molecule has 26 heavy (non-hydrogen) atoms. The number of hydrogen-bond acceptors (Lipinski definition) is 1. The van der Waals surface area contributed by atoms with E-state index in [1.807, 2.05) is 0 Å². The van der Waals surface area contributed by atoms with E-state index in [9.17, 15) is 0 Å². The fourth-order valence-corrected chi connectivity index (χ4v) is 3.41. The highest BCUT2D eigenvalue weighted by Crippen LogP contribution is 2.29. The summed E-state index contributed by atoms with van der Waals surface area (Å²) in [6.45, 7) is 14.3. The predicted octanol–water partition coefficient (Wildman–Crippen LogP) is 6.35. The molecule has 0 aromatic heterocycles. The average Bonchev–Trinajstić information content (AvgIpc) is 2.60. The molecule has 1 atom stereocenters. The predicted molar refractivity (Wildman–Crippen MR) is 115 cm³/mol. The molecule has 1 heteroatoms. The molecule has 1 nitrogen and oxygen atoms in total. The van der Waals surface area contributed by atoms with E-state index in [1.165, 1.54) is 27.8 Å². The molecule has 0 saturated carbocycles. The SMILES string of the molecule is CCc1ccc(C(C)(C)CC(C=C(C)C)NCc2ccc(C)cc2)cc1. The van der Waals surface area contributed by atoms with E-state index in [-0.39, 0.29) is 5.41 Å². The Kier molecular flexibility index (Phi) is 7.23. The number of allylic oxidation sites excluding steroid dienone is 1. The Morgan fingerprint density at radius 2 is 1.54 bits per heavy atom. The van der Waals surface area contributed by atoms with Crippen molar-refractivity contribution in [2.45, 2.75) is 72.4 Å². The summed E-state index contributed by atoms with van der Waals surface area (Å²) in [5.41, 5.74) is 6.97. The van der Waals surface area contributed by atoms with E-state index in [1.54, 1.807) is 0 Å². The molecule has 0 fully saturated rings. The standard InChI is InChI=1S/C25H35N/c1-7-21-12-14-23(15-13-21)25(5,6)17-24(16-19(2)3)26-18-22-10-8-20(4)9-11-22/h8-16,24,26H,7,17-18H2,1-6H3. The van der Waals surface area contributed by atoms with Gasteiger partial charge in [-0.1, -0.05) is 86.5 Å². The normalized spacial score (nSPS) is 12.7. The van der Waals surface area contributed by atoms with Gasteiger partial charge in [0.1, 0.15) is 0 Å². The summed E-state index contributed by atoms with van der Waals surface area (Å²) in [4.78, 5) is 0. The number of aryl methyl sites for hydroxylation is 2. The van der Waals surface area contributed by atoms with Crippen molar-refractivity contribution in [3.05, 3.63) is 82.4 Å². The minimum Gasteiger partial charge on any atom is -0.306 e. The lowest BCUT2D eigenvalue weighted by Gasteiger charge is -2.30. The first-order valence-electron chi connectivity index (χ1n) is 9.83. The van der Waals surface area contributed by atoms with Gasteiger partial charge in [-0.05, 0) is 55.7 Å². The molecule has 0 bridgehead atoms. The largest absolute Gasteiger partial charge is 0.306 e. The Balaban J connectivity index is 2.09. The molecule has 2 rings (SSSR count). The van der Waals surface area contributed by atoms with Crippen LogP contribution in [0.15, 0.2) is 60.2 Å². The first kappa shape index (κ1) is 20.5. The molecule has 0 radical (unpaired) electrons. The smallest absolute Gasteiger partial charge is 0.0263 e. The van der Waals surface area contributed by atoms with Gasteiger partial charge in [-0.15, -0.1) is 0 Å². The summed E-state index contributed by atoms with van der Waals surface area (Å²) in [5, 5.41) is 3.76. The Bertz CT molecular complexity index is 701. The number of rotatable bonds is 8. The van der Waals surface area contributed by atoms with Gasteiger partial charge < -0.3 is 5.32 Å². The van der Waals surface area contributed by atoms with Gasteiger partial charge in [0.25, 0.3) is 0 Å². The van der Waals surface area contributed by atoms with Gasteiger partial charge in [-0.3, -0.25) is 0 Å². The summed E-state index contributed by atoms with van der Waals surface area (Å²) < 4.78 is 0. The molecule has 0 heterocycles. The van der Waals surface area contributed by atoms with E-state index in [4.69, 9.17) is 0 Å². The van der Waals surface area contributed by atoms with Crippen LogP contribution in [0.2, 0.25) is 0 Å². The maximum atomic E-state index is 3.76. The Labute approximate surface area is 160 Å². The van der Waals surface area contributed by atoms with Crippen LogP contribution < -0.4 is 5.32 Å². The van der Waals surface area contributed by atoms with E-state index < -0.39 is 0 Å². The van der Waals surface area contributed by atoms with Crippen molar-refractivity contribution < 1.29 is 0 Å². The lowest BCUT2D eigenvalue weighted by molar-refractivity contribution is 0.409. The van der Waals surface area contributed by atoms with Gasteiger partial charge in [-0.2, -0.15) is 0 Å². The van der Waals surface area contributed by atoms with Crippen LogP contribution in [0.3, 0.4) is 0 Å². The molecule has 140 valence electrons. The summed E-state index contributed by atoms with van der Waals surface area (Å²) in [7, 11) is 0. The van der Waals surface area contributed by atoms with Gasteiger partial charge in [-0.25, -0.2) is 0 Å². The Morgan fingerprint density at radius 3 is 2.08 bits per heavy atom. The zero-order chi connectivity index (χ0) is 19.2. The van der Waals surface area contributed by atoms with Crippen LogP contribution in [-0.4, -0.2) is 6.04 Å². The summed E-state index contributed by atoms with van der Waals surface area (Å²) in [5.74, 6) is 0. The second-order valence-electron chi connectivity index (χ2n) is 8.36. The van der Waals surface area contributed by atoms with E-state index in [0.717, 1.165) is 19.4 Å². The highest BCUT2D eigenvalue weighted by atomic mass is 14.9. The zero-order valence-corrected chi connectivity index (χ0v) is 17.4. The average molecular weight is 350 g/mol. The third kappa shape index (κ3) is 6.14. The minimum absolute atomic E-state index is 0.128. The van der Waals surface area contributed by atoms with Gasteiger partial charge in [0, 0.05) is 12.6 Å². The zero-order valence-electron chi connectivity index (χ0n) is 17.4.